The summed E-state index contributed by atoms with van der Waals surface area (Å²) in [5, 5.41) is 6.54. The molecule has 0 aliphatic heterocycles. The van der Waals surface area contributed by atoms with E-state index in [0.29, 0.717) is 5.69 Å². The van der Waals surface area contributed by atoms with Gasteiger partial charge in [0.2, 0.25) is 0 Å². The summed E-state index contributed by atoms with van der Waals surface area (Å²) in [6.07, 6.45) is 2.70. The average Bonchev–Trinajstić information content (AvgIpc) is 2.68. The number of nitrogens with zero attached hydrogens (tertiary/aromatic N) is 1. The lowest BCUT2D eigenvalue weighted by atomic mass is 10.2. The van der Waals surface area contributed by atoms with Crippen LogP contribution in [-0.2, 0) is 0 Å². The van der Waals surface area contributed by atoms with Gasteiger partial charge in [-0.3, -0.25) is 9.89 Å². The second kappa shape index (κ2) is 5.94. The van der Waals surface area contributed by atoms with E-state index in [0.717, 1.165) is 17.6 Å². The molecule has 1 N–H and O–H groups in total. The molecular weight excluding hydrogens is 164 g/mol. The van der Waals surface area contributed by atoms with Gasteiger partial charge in [0.25, 0.3) is 0 Å². The fourth-order valence-electron chi connectivity index (χ4n) is 0.747. The smallest absolute Gasteiger partial charge is 0.167 e. The van der Waals surface area contributed by atoms with E-state index in [-0.39, 0.29) is 0 Å². The molecule has 1 heterocycles. The summed E-state index contributed by atoms with van der Waals surface area (Å²) in [5.74, 6) is 0. The predicted molar refractivity (Wildman–Crippen MR) is 54.6 cm³/mol. The Labute approximate surface area is 78.2 Å². The molecule has 3 nitrogen and oxygen atoms in total. The minimum Gasteiger partial charge on any atom is -0.296 e. The summed E-state index contributed by atoms with van der Waals surface area (Å²) in [4.78, 5) is 10.2. The quantitative estimate of drug-likeness (QED) is 0.558. The number of hydrogen-bond acceptors (Lipinski definition) is 2. The molecule has 1 aromatic heterocycles. The number of H-pyrrole nitrogens is 1. The predicted octanol–water partition coefficient (Wildman–Crippen LogP) is 2.45. The summed E-state index contributed by atoms with van der Waals surface area (Å²) in [7, 11) is 0. The Bertz CT molecular complexity index is 300. The topological polar surface area (TPSA) is 45.8 Å². The number of nitrogens with one attached hydrogen (secondary N) is 1. The van der Waals surface area contributed by atoms with Crippen LogP contribution in [0.25, 0.3) is 5.57 Å². The lowest BCUT2D eigenvalue weighted by Crippen LogP contribution is -1.77. The van der Waals surface area contributed by atoms with Crippen molar-refractivity contribution in [3.63, 3.8) is 0 Å². The van der Waals surface area contributed by atoms with Gasteiger partial charge < -0.3 is 0 Å². The SMILES string of the molecule is C/C=C(\C)c1cc(C=O)[nH]n1.C=C. The van der Waals surface area contributed by atoms with E-state index < -0.39 is 0 Å². The van der Waals surface area contributed by atoms with Crippen molar-refractivity contribution in [3.05, 3.63) is 36.7 Å². The van der Waals surface area contributed by atoms with Gasteiger partial charge in [-0.1, -0.05) is 6.08 Å². The van der Waals surface area contributed by atoms with Crippen LogP contribution >= 0.6 is 0 Å². The van der Waals surface area contributed by atoms with E-state index >= 15 is 0 Å². The van der Waals surface area contributed by atoms with Gasteiger partial charge in [-0.2, -0.15) is 5.10 Å². The van der Waals surface area contributed by atoms with E-state index in [1.165, 1.54) is 0 Å². The Kier molecular flexibility index (Phi) is 5.19. The molecule has 0 saturated heterocycles. The lowest BCUT2D eigenvalue weighted by Gasteiger charge is -1.88. The molecule has 0 aromatic carbocycles. The minimum absolute atomic E-state index is 0.515. The van der Waals surface area contributed by atoms with E-state index in [9.17, 15) is 4.79 Å². The van der Waals surface area contributed by atoms with Crippen LogP contribution in [-0.4, -0.2) is 16.5 Å². The highest BCUT2D eigenvalue weighted by molar-refractivity contribution is 5.74. The van der Waals surface area contributed by atoms with Gasteiger partial charge in [-0.25, -0.2) is 0 Å². The molecule has 3 heteroatoms. The third-order valence-corrected chi connectivity index (χ3v) is 1.56. The number of allylic oxidation sites excluding steroid dienone is 2. The van der Waals surface area contributed by atoms with Crippen LogP contribution in [0.1, 0.15) is 30.0 Å². The second-order valence-corrected chi connectivity index (χ2v) is 2.30. The number of hydrogen-bond donors (Lipinski definition) is 1. The summed E-state index contributed by atoms with van der Waals surface area (Å²) in [6, 6.07) is 1.72. The lowest BCUT2D eigenvalue weighted by molar-refractivity contribution is 0.111. The maximum absolute atomic E-state index is 10.2. The highest BCUT2D eigenvalue weighted by Gasteiger charge is 1.99. The van der Waals surface area contributed by atoms with Crippen LogP contribution in [0.5, 0.6) is 0 Å². The van der Waals surface area contributed by atoms with Gasteiger partial charge in [0, 0.05) is 0 Å². The number of carbonyl (C=O) groups excluding carboxylic acids is 1. The first kappa shape index (κ1) is 11.4. The molecule has 70 valence electrons. The Morgan fingerprint density at radius 3 is 2.62 bits per heavy atom. The summed E-state index contributed by atoms with van der Waals surface area (Å²) in [5.41, 5.74) is 2.41. The fourth-order valence-corrected chi connectivity index (χ4v) is 0.747. The Balaban J connectivity index is 0.000000671. The molecule has 1 rings (SSSR count). The monoisotopic (exact) mass is 178 g/mol. The van der Waals surface area contributed by atoms with Crippen LogP contribution in [0.2, 0.25) is 0 Å². The largest absolute Gasteiger partial charge is 0.296 e. The molecule has 0 amide bonds. The van der Waals surface area contributed by atoms with Crippen molar-refractivity contribution in [1.29, 1.82) is 0 Å². The van der Waals surface area contributed by atoms with Crippen LogP contribution in [0.4, 0.5) is 0 Å². The Morgan fingerprint density at radius 2 is 2.23 bits per heavy atom. The minimum atomic E-state index is 0.515. The van der Waals surface area contributed by atoms with Crippen LogP contribution in [0.15, 0.2) is 25.3 Å². The van der Waals surface area contributed by atoms with E-state index in [2.05, 4.69) is 23.4 Å². The molecule has 1 aromatic rings. The van der Waals surface area contributed by atoms with Crippen molar-refractivity contribution in [2.45, 2.75) is 13.8 Å². The van der Waals surface area contributed by atoms with Crippen molar-refractivity contribution in [2.24, 2.45) is 0 Å². The van der Waals surface area contributed by atoms with Crippen molar-refractivity contribution >= 4 is 11.9 Å². The Hall–Kier alpha value is -1.64. The second-order valence-electron chi connectivity index (χ2n) is 2.30. The number of aromatic amines is 1. The zero-order valence-corrected chi connectivity index (χ0v) is 8.00. The number of carbonyl (C=O) groups is 1. The van der Waals surface area contributed by atoms with Gasteiger partial charge in [0.05, 0.1) is 11.4 Å². The van der Waals surface area contributed by atoms with Crippen molar-refractivity contribution < 1.29 is 4.79 Å². The number of aromatic nitrogens is 2. The van der Waals surface area contributed by atoms with Crippen molar-refractivity contribution in [2.75, 3.05) is 0 Å². The standard InChI is InChI=1S/C8H10N2O.C2H4/c1-3-6(2)8-4-7(5-11)9-10-8;1-2/h3-5H,1-2H3,(H,9,10);1-2H2/b6-3+;. The van der Waals surface area contributed by atoms with Crippen LogP contribution in [0.3, 0.4) is 0 Å². The first-order valence-electron chi connectivity index (χ1n) is 3.91. The average molecular weight is 178 g/mol. The molecule has 0 aliphatic carbocycles. The van der Waals surface area contributed by atoms with E-state index in [4.69, 9.17) is 0 Å². The Morgan fingerprint density at radius 1 is 1.62 bits per heavy atom. The zero-order chi connectivity index (χ0) is 10.3. The summed E-state index contributed by atoms with van der Waals surface area (Å²) >= 11 is 0. The number of rotatable bonds is 2. The zero-order valence-electron chi connectivity index (χ0n) is 8.00. The summed E-state index contributed by atoms with van der Waals surface area (Å²) < 4.78 is 0. The van der Waals surface area contributed by atoms with Crippen LogP contribution in [0, 0.1) is 0 Å². The third kappa shape index (κ3) is 3.07. The summed E-state index contributed by atoms with van der Waals surface area (Å²) in [6.45, 7) is 9.88. The molecule has 0 bridgehead atoms. The van der Waals surface area contributed by atoms with Gasteiger partial charge in [0.1, 0.15) is 0 Å². The number of aldehydes is 1. The molecule has 0 atom stereocenters. The van der Waals surface area contributed by atoms with Gasteiger partial charge in [-0.15, -0.1) is 13.2 Å². The molecule has 0 radical (unpaired) electrons. The molecule has 0 fully saturated rings. The van der Waals surface area contributed by atoms with Gasteiger partial charge in [-0.05, 0) is 25.5 Å². The molecular formula is C10H14N2O. The maximum atomic E-state index is 10.2. The highest BCUT2D eigenvalue weighted by atomic mass is 16.1. The van der Waals surface area contributed by atoms with E-state index in [1.54, 1.807) is 6.07 Å². The molecule has 0 spiro atoms. The first-order valence-corrected chi connectivity index (χ1v) is 3.91. The van der Waals surface area contributed by atoms with Crippen molar-refractivity contribution in [1.82, 2.24) is 10.2 Å². The molecule has 0 saturated carbocycles. The maximum Gasteiger partial charge on any atom is 0.167 e. The molecule has 13 heavy (non-hydrogen) atoms. The fraction of sp³-hybridized carbons (Fsp3) is 0.200. The third-order valence-electron chi connectivity index (χ3n) is 1.56. The van der Waals surface area contributed by atoms with Crippen molar-refractivity contribution in [3.8, 4) is 0 Å². The normalized spacial score (nSPS) is 10.2. The molecule has 0 unspecified atom stereocenters. The molecule has 0 aliphatic rings. The first-order chi connectivity index (χ1) is 6.27. The van der Waals surface area contributed by atoms with Gasteiger partial charge >= 0.3 is 0 Å². The van der Waals surface area contributed by atoms with Crippen LogP contribution < -0.4 is 0 Å². The van der Waals surface area contributed by atoms with E-state index in [1.807, 2.05) is 19.9 Å². The van der Waals surface area contributed by atoms with Gasteiger partial charge in [0.15, 0.2) is 6.29 Å². The highest BCUT2D eigenvalue weighted by Crippen LogP contribution is 2.09.